The van der Waals surface area contributed by atoms with E-state index in [0.717, 1.165) is 45.8 Å². The Balaban J connectivity index is 1.40. The van der Waals surface area contributed by atoms with Crippen molar-refractivity contribution in [3.8, 4) is 0 Å². The third kappa shape index (κ3) is 6.03. The van der Waals surface area contributed by atoms with E-state index in [9.17, 15) is 0 Å². The van der Waals surface area contributed by atoms with Crippen molar-refractivity contribution in [2.45, 2.75) is 58.4 Å². The molecular formula is C21H35N5OS. The van der Waals surface area contributed by atoms with Crippen molar-refractivity contribution < 1.29 is 4.74 Å². The van der Waals surface area contributed by atoms with Crippen LogP contribution >= 0.6 is 12.2 Å². The molecule has 1 aliphatic carbocycles. The van der Waals surface area contributed by atoms with Crippen LogP contribution in [-0.2, 0) is 4.74 Å². The van der Waals surface area contributed by atoms with Gasteiger partial charge in [0.15, 0.2) is 5.11 Å². The minimum Gasteiger partial charge on any atom is -0.379 e. The van der Waals surface area contributed by atoms with Gasteiger partial charge in [-0.05, 0) is 57.9 Å². The summed E-state index contributed by atoms with van der Waals surface area (Å²) in [6.07, 6.45) is 9.62. The molecule has 2 heterocycles. The van der Waals surface area contributed by atoms with Gasteiger partial charge in [-0.3, -0.25) is 10.3 Å². The van der Waals surface area contributed by atoms with Crippen molar-refractivity contribution in [1.82, 2.24) is 20.2 Å². The fourth-order valence-corrected chi connectivity index (χ4v) is 4.52. The van der Waals surface area contributed by atoms with Crippen LogP contribution in [-0.4, -0.2) is 60.2 Å². The maximum Gasteiger partial charge on any atom is 0.186 e. The Morgan fingerprint density at radius 1 is 1.25 bits per heavy atom. The van der Waals surface area contributed by atoms with Gasteiger partial charge in [0.1, 0.15) is 0 Å². The zero-order valence-electron chi connectivity index (χ0n) is 17.4. The Kier molecular flexibility index (Phi) is 8.30. The predicted octanol–water partition coefficient (Wildman–Crippen LogP) is 3.13. The first-order chi connectivity index (χ1) is 13.6. The highest BCUT2D eigenvalue weighted by molar-refractivity contribution is 7.80. The predicted molar refractivity (Wildman–Crippen MR) is 119 cm³/mol. The summed E-state index contributed by atoms with van der Waals surface area (Å²) in [5, 5.41) is 8.17. The molecule has 1 aliphatic heterocycles. The number of aryl methyl sites for hydroxylation is 1. The summed E-state index contributed by atoms with van der Waals surface area (Å²) in [4.78, 5) is 2.43. The van der Waals surface area contributed by atoms with Crippen LogP contribution in [0.4, 0.5) is 0 Å². The second kappa shape index (κ2) is 10.9. The Bertz CT molecular complexity index is 660. The van der Waals surface area contributed by atoms with E-state index in [4.69, 9.17) is 17.0 Å². The lowest BCUT2D eigenvalue weighted by Crippen LogP contribution is -2.39. The van der Waals surface area contributed by atoms with E-state index in [-0.39, 0.29) is 0 Å². The molecule has 1 saturated heterocycles. The quantitative estimate of drug-likeness (QED) is 0.316. The Hall–Kier alpha value is -1.44. The number of nitrogens with one attached hydrogen (secondary N) is 2. The fourth-order valence-electron chi connectivity index (χ4n) is 4.36. The normalized spacial score (nSPS) is 19.2. The summed E-state index contributed by atoms with van der Waals surface area (Å²) in [5.41, 5.74) is 6.76. The molecule has 2 N–H and O–H groups in total. The van der Waals surface area contributed by atoms with Crippen molar-refractivity contribution in [2.75, 3.05) is 39.4 Å². The average Bonchev–Trinajstić information content (AvgIpc) is 3.00. The first-order valence-corrected chi connectivity index (χ1v) is 11.1. The van der Waals surface area contributed by atoms with Gasteiger partial charge < -0.3 is 14.6 Å². The monoisotopic (exact) mass is 405 g/mol. The first kappa shape index (κ1) is 21.3. The third-order valence-electron chi connectivity index (χ3n) is 5.87. The minimum absolute atomic E-state index is 0.583. The lowest BCUT2D eigenvalue weighted by atomic mass is 9.95. The molecule has 1 aromatic rings. The molecule has 3 rings (SSSR count). The van der Waals surface area contributed by atoms with Crippen LogP contribution in [0.1, 0.15) is 61.5 Å². The highest BCUT2D eigenvalue weighted by atomic mass is 32.1. The number of nitrogens with zero attached hydrogens (tertiary/aromatic N) is 3. The second-order valence-electron chi connectivity index (χ2n) is 7.92. The van der Waals surface area contributed by atoms with Gasteiger partial charge >= 0.3 is 0 Å². The van der Waals surface area contributed by atoms with Gasteiger partial charge in [-0.15, -0.1) is 0 Å². The average molecular weight is 406 g/mol. The number of hydrogen-bond donors (Lipinski definition) is 2. The van der Waals surface area contributed by atoms with Gasteiger partial charge in [0.05, 0.1) is 19.4 Å². The summed E-state index contributed by atoms with van der Waals surface area (Å²) in [5.74, 6) is 0. The minimum atomic E-state index is 0.583. The molecule has 0 bridgehead atoms. The van der Waals surface area contributed by atoms with Crippen LogP contribution in [0.15, 0.2) is 11.2 Å². The molecule has 0 spiro atoms. The van der Waals surface area contributed by atoms with Crippen LogP contribution in [0.3, 0.4) is 0 Å². The van der Waals surface area contributed by atoms with E-state index in [2.05, 4.69) is 45.2 Å². The Labute approximate surface area is 174 Å². The molecule has 0 radical (unpaired) electrons. The van der Waals surface area contributed by atoms with Crippen LogP contribution in [0.5, 0.6) is 0 Å². The van der Waals surface area contributed by atoms with Gasteiger partial charge in [0.25, 0.3) is 0 Å². The van der Waals surface area contributed by atoms with Gasteiger partial charge in [-0.25, -0.2) is 0 Å². The molecule has 28 heavy (non-hydrogen) atoms. The summed E-state index contributed by atoms with van der Waals surface area (Å²) in [6.45, 7) is 10.1. The summed E-state index contributed by atoms with van der Waals surface area (Å²) < 4.78 is 7.87. The Morgan fingerprint density at radius 2 is 2.00 bits per heavy atom. The molecule has 6 nitrogen and oxygen atoms in total. The smallest absolute Gasteiger partial charge is 0.186 e. The topological polar surface area (TPSA) is 53.8 Å². The van der Waals surface area contributed by atoms with E-state index in [0.29, 0.717) is 11.2 Å². The molecule has 1 saturated carbocycles. The number of hydrazone groups is 1. The lowest BCUT2D eigenvalue weighted by Gasteiger charge is -2.26. The van der Waals surface area contributed by atoms with Crippen molar-refractivity contribution in [3.05, 3.63) is 23.0 Å². The van der Waals surface area contributed by atoms with Gasteiger partial charge in [-0.1, -0.05) is 19.3 Å². The number of thiocarbonyl (C=S) groups is 1. The molecule has 2 aliphatic rings. The molecule has 156 valence electrons. The maximum atomic E-state index is 5.37. The number of aromatic nitrogens is 1. The lowest BCUT2D eigenvalue weighted by molar-refractivity contribution is 0.0376. The Morgan fingerprint density at radius 3 is 2.75 bits per heavy atom. The maximum absolute atomic E-state index is 5.37. The third-order valence-corrected chi connectivity index (χ3v) is 6.11. The van der Waals surface area contributed by atoms with Gasteiger partial charge in [0.2, 0.25) is 0 Å². The van der Waals surface area contributed by atoms with Gasteiger partial charge in [-0.2, -0.15) is 5.10 Å². The highest BCUT2D eigenvalue weighted by Crippen LogP contribution is 2.31. The van der Waals surface area contributed by atoms with E-state index in [1.807, 2.05) is 6.21 Å². The number of rotatable bonds is 7. The number of ether oxygens (including phenoxy) is 1. The largest absolute Gasteiger partial charge is 0.379 e. The molecule has 0 unspecified atom stereocenters. The van der Waals surface area contributed by atoms with E-state index >= 15 is 0 Å². The molecule has 7 heteroatoms. The molecule has 2 fully saturated rings. The van der Waals surface area contributed by atoms with Crippen molar-refractivity contribution in [2.24, 2.45) is 5.10 Å². The van der Waals surface area contributed by atoms with E-state index in [1.165, 1.54) is 49.1 Å². The zero-order chi connectivity index (χ0) is 19.8. The van der Waals surface area contributed by atoms with Gasteiger partial charge in [0, 0.05) is 42.6 Å². The highest BCUT2D eigenvalue weighted by Gasteiger charge is 2.19. The van der Waals surface area contributed by atoms with E-state index in [1.54, 1.807) is 0 Å². The standard InChI is InChI=1S/C21H35N5OS/c1-17-15-19(18(2)26(17)20-7-4-3-5-8-20)16-23-24-21(28)22-9-6-10-25-11-13-27-14-12-25/h15-16,20H,3-14H2,1-2H3,(H2,22,24,28)/b23-16-. The molecule has 0 aromatic carbocycles. The van der Waals surface area contributed by atoms with Crippen LogP contribution in [0.2, 0.25) is 0 Å². The summed E-state index contributed by atoms with van der Waals surface area (Å²) in [6, 6.07) is 2.88. The van der Waals surface area contributed by atoms with E-state index < -0.39 is 0 Å². The first-order valence-electron chi connectivity index (χ1n) is 10.7. The van der Waals surface area contributed by atoms with Crippen LogP contribution in [0.25, 0.3) is 0 Å². The SMILES string of the molecule is Cc1cc(/C=N\NC(=S)NCCCN2CCOCC2)c(C)n1C1CCCCC1. The van der Waals surface area contributed by atoms with Crippen molar-refractivity contribution >= 4 is 23.5 Å². The zero-order valence-corrected chi connectivity index (χ0v) is 18.2. The number of morpholine rings is 1. The molecule has 0 amide bonds. The second-order valence-corrected chi connectivity index (χ2v) is 8.33. The molecular weight excluding hydrogens is 370 g/mol. The van der Waals surface area contributed by atoms with Crippen LogP contribution in [0, 0.1) is 13.8 Å². The fraction of sp³-hybridized carbons (Fsp3) is 0.714. The van der Waals surface area contributed by atoms with Crippen molar-refractivity contribution in [3.63, 3.8) is 0 Å². The van der Waals surface area contributed by atoms with Crippen LogP contribution < -0.4 is 10.7 Å². The molecule has 0 atom stereocenters. The van der Waals surface area contributed by atoms with Crippen molar-refractivity contribution in [1.29, 1.82) is 0 Å². The number of hydrogen-bond acceptors (Lipinski definition) is 4. The summed E-state index contributed by atoms with van der Waals surface area (Å²) >= 11 is 5.33. The summed E-state index contributed by atoms with van der Waals surface area (Å²) in [7, 11) is 0. The molecule has 1 aromatic heterocycles.